The summed E-state index contributed by atoms with van der Waals surface area (Å²) in [4.78, 5) is 18.1. The van der Waals surface area contributed by atoms with Gasteiger partial charge in [0.15, 0.2) is 17.7 Å². The molecule has 4 N–H and O–H groups in total. The maximum absolute atomic E-state index is 12.3. The summed E-state index contributed by atoms with van der Waals surface area (Å²) >= 11 is 0. The molecule has 0 saturated heterocycles. The Morgan fingerprint density at radius 3 is 2.70 bits per heavy atom. The Morgan fingerprint density at radius 2 is 1.96 bits per heavy atom. The molecule has 2 aromatic rings. The maximum atomic E-state index is 12.3. The van der Waals surface area contributed by atoms with E-state index in [2.05, 4.69) is 4.98 Å². The number of benzene rings is 1. The summed E-state index contributed by atoms with van der Waals surface area (Å²) in [5, 5.41) is 0. The van der Waals surface area contributed by atoms with E-state index in [-0.39, 0.29) is 5.91 Å². The highest BCUT2D eigenvalue weighted by Crippen LogP contribution is 2.32. The molecule has 2 heterocycles. The van der Waals surface area contributed by atoms with Gasteiger partial charge in [-0.1, -0.05) is 0 Å². The fraction of sp³-hybridized carbons (Fsp3) is 0.250. The molecule has 1 amide bonds. The molecule has 1 aliphatic heterocycles. The summed E-state index contributed by atoms with van der Waals surface area (Å²) in [5.41, 5.74) is 12.0. The Hall–Kier alpha value is -2.96. The number of fused-ring (bicyclic) bond motifs is 1. The Balaban J connectivity index is 1.72. The predicted octanol–water partition coefficient (Wildman–Crippen LogP) is 1.44. The summed E-state index contributed by atoms with van der Waals surface area (Å²) in [6.45, 7) is 2.37. The van der Waals surface area contributed by atoms with Crippen LogP contribution in [0.1, 0.15) is 6.92 Å². The van der Waals surface area contributed by atoms with E-state index in [0.29, 0.717) is 42.0 Å². The minimum absolute atomic E-state index is 0.170. The zero-order valence-corrected chi connectivity index (χ0v) is 12.7. The van der Waals surface area contributed by atoms with Crippen LogP contribution in [0.2, 0.25) is 0 Å². The van der Waals surface area contributed by atoms with Gasteiger partial charge in [-0.2, -0.15) is 0 Å². The lowest BCUT2D eigenvalue weighted by atomic mass is 10.2. The topological polar surface area (TPSA) is 104 Å². The number of ether oxygens (including phenoxy) is 2. The summed E-state index contributed by atoms with van der Waals surface area (Å²) < 4.78 is 11.2. The summed E-state index contributed by atoms with van der Waals surface area (Å²) in [6, 6.07) is 10.4. The molecule has 0 aliphatic carbocycles. The quantitative estimate of drug-likeness (QED) is 0.828. The van der Waals surface area contributed by atoms with E-state index >= 15 is 0 Å². The number of aromatic nitrogens is 1. The largest absolute Gasteiger partial charge is 0.492 e. The van der Waals surface area contributed by atoms with Crippen molar-refractivity contribution in [3.8, 4) is 11.5 Å². The van der Waals surface area contributed by atoms with Crippen molar-refractivity contribution in [2.45, 2.75) is 13.0 Å². The highest BCUT2D eigenvalue weighted by molar-refractivity contribution is 5.98. The van der Waals surface area contributed by atoms with Gasteiger partial charge in [0.2, 0.25) is 0 Å². The van der Waals surface area contributed by atoms with E-state index in [1.54, 1.807) is 43.3 Å². The third-order valence-electron chi connectivity index (χ3n) is 3.50. The van der Waals surface area contributed by atoms with Crippen LogP contribution < -0.4 is 25.8 Å². The highest BCUT2D eigenvalue weighted by Gasteiger charge is 2.32. The fourth-order valence-electron chi connectivity index (χ4n) is 2.34. The van der Waals surface area contributed by atoms with Crippen molar-refractivity contribution in [1.82, 2.24) is 4.98 Å². The van der Waals surface area contributed by atoms with Crippen molar-refractivity contribution in [3.63, 3.8) is 0 Å². The van der Waals surface area contributed by atoms with Crippen LogP contribution in [0.25, 0.3) is 0 Å². The monoisotopic (exact) mass is 314 g/mol. The normalized spacial score (nSPS) is 16.7. The molecule has 1 unspecified atom stereocenters. The fourth-order valence-corrected chi connectivity index (χ4v) is 2.34. The van der Waals surface area contributed by atoms with E-state index in [9.17, 15) is 4.79 Å². The van der Waals surface area contributed by atoms with Crippen LogP contribution in [0.5, 0.6) is 11.5 Å². The molecule has 7 heteroatoms. The molecule has 1 atom stereocenters. The second-order valence-corrected chi connectivity index (χ2v) is 5.23. The van der Waals surface area contributed by atoms with Crippen molar-refractivity contribution in [1.29, 1.82) is 0 Å². The van der Waals surface area contributed by atoms with Gasteiger partial charge in [-0.3, -0.25) is 9.69 Å². The van der Waals surface area contributed by atoms with E-state index in [4.69, 9.17) is 20.9 Å². The lowest BCUT2D eigenvalue weighted by Crippen LogP contribution is -2.46. The molecule has 1 aromatic heterocycles. The number of nitrogens with two attached hydrogens (primary N) is 2. The highest BCUT2D eigenvalue weighted by atomic mass is 16.5. The number of nitrogen functional groups attached to an aromatic ring is 2. The van der Waals surface area contributed by atoms with Crippen LogP contribution in [0.3, 0.4) is 0 Å². The van der Waals surface area contributed by atoms with Crippen LogP contribution in [-0.2, 0) is 4.79 Å². The van der Waals surface area contributed by atoms with E-state index in [1.807, 2.05) is 0 Å². The van der Waals surface area contributed by atoms with E-state index < -0.39 is 6.10 Å². The molecule has 0 radical (unpaired) electrons. The number of hydrogen-bond acceptors (Lipinski definition) is 6. The number of amides is 1. The number of rotatable bonds is 4. The van der Waals surface area contributed by atoms with Crippen LogP contribution in [0.4, 0.5) is 17.3 Å². The Bertz CT molecular complexity index is 718. The number of nitrogens with zero attached hydrogens (tertiary/aromatic N) is 2. The summed E-state index contributed by atoms with van der Waals surface area (Å²) in [6.07, 6.45) is -0.565. The number of anilines is 3. The first-order valence-corrected chi connectivity index (χ1v) is 7.27. The molecule has 1 aromatic carbocycles. The predicted molar refractivity (Wildman–Crippen MR) is 87.4 cm³/mol. The zero-order chi connectivity index (χ0) is 16.4. The number of hydrogen-bond donors (Lipinski definition) is 2. The number of carbonyl (C=O) groups excluding carboxylic acids is 1. The number of carbonyl (C=O) groups is 1. The SMILES string of the molecule is CC1Oc2ccc(N)nc2N(CCOc2ccc(N)cc2)C1=O. The lowest BCUT2D eigenvalue weighted by Gasteiger charge is -2.31. The Labute approximate surface area is 133 Å². The molecule has 23 heavy (non-hydrogen) atoms. The Morgan fingerprint density at radius 1 is 1.22 bits per heavy atom. The first-order chi connectivity index (χ1) is 11.0. The minimum Gasteiger partial charge on any atom is -0.492 e. The van der Waals surface area contributed by atoms with Crippen molar-refractivity contribution in [2.75, 3.05) is 29.5 Å². The van der Waals surface area contributed by atoms with Gasteiger partial charge in [0.1, 0.15) is 18.2 Å². The molecule has 7 nitrogen and oxygen atoms in total. The van der Waals surface area contributed by atoms with Gasteiger partial charge in [-0.05, 0) is 43.3 Å². The second kappa shape index (κ2) is 6.04. The molecule has 0 spiro atoms. The molecular formula is C16H18N4O3. The van der Waals surface area contributed by atoms with Crippen molar-refractivity contribution < 1.29 is 14.3 Å². The molecule has 0 saturated carbocycles. The van der Waals surface area contributed by atoms with Gasteiger partial charge < -0.3 is 20.9 Å². The molecule has 3 rings (SSSR count). The third kappa shape index (κ3) is 3.13. The molecule has 1 aliphatic rings. The lowest BCUT2D eigenvalue weighted by molar-refractivity contribution is -0.125. The average molecular weight is 314 g/mol. The number of pyridine rings is 1. The van der Waals surface area contributed by atoms with Gasteiger partial charge in [0.05, 0.1) is 6.54 Å². The van der Waals surface area contributed by atoms with Crippen molar-refractivity contribution in [2.24, 2.45) is 0 Å². The smallest absolute Gasteiger partial charge is 0.269 e. The third-order valence-corrected chi connectivity index (χ3v) is 3.50. The standard InChI is InChI=1S/C16H18N4O3/c1-10-16(21)20(15-13(23-10)6-7-14(18)19-15)8-9-22-12-4-2-11(17)3-5-12/h2-7,10H,8-9,17H2,1H3,(H2,18,19). The van der Waals surface area contributed by atoms with Crippen molar-refractivity contribution in [3.05, 3.63) is 36.4 Å². The van der Waals surface area contributed by atoms with Gasteiger partial charge >= 0.3 is 0 Å². The van der Waals surface area contributed by atoms with E-state index in [1.165, 1.54) is 4.90 Å². The van der Waals surface area contributed by atoms with Crippen LogP contribution >= 0.6 is 0 Å². The van der Waals surface area contributed by atoms with Crippen LogP contribution in [0, 0.1) is 0 Å². The van der Waals surface area contributed by atoms with Gasteiger partial charge in [0.25, 0.3) is 5.91 Å². The van der Waals surface area contributed by atoms with Gasteiger partial charge in [-0.15, -0.1) is 0 Å². The molecule has 0 bridgehead atoms. The first kappa shape index (κ1) is 15.0. The van der Waals surface area contributed by atoms with Crippen LogP contribution in [0.15, 0.2) is 36.4 Å². The molecule has 0 fully saturated rings. The molecule has 120 valence electrons. The summed E-state index contributed by atoms with van der Waals surface area (Å²) in [5.74, 6) is 1.82. The second-order valence-electron chi connectivity index (χ2n) is 5.23. The average Bonchev–Trinajstić information content (AvgIpc) is 2.53. The minimum atomic E-state index is -0.565. The van der Waals surface area contributed by atoms with Crippen LogP contribution in [-0.4, -0.2) is 30.1 Å². The van der Waals surface area contributed by atoms with E-state index in [0.717, 1.165) is 0 Å². The molecular weight excluding hydrogens is 296 g/mol. The first-order valence-electron chi connectivity index (χ1n) is 7.27. The van der Waals surface area contributed by atoms with Gasteiger partial charge in [-0.25, -0.2) is 4.98 Å². The van der Waals surface area contributed by atoms with Crippen molar-refractivity contribution >= 4 is 23.2 Å². The summed E-state index contributed by atoms with van der Waals surface area (Å²) in [7, 11) is 0. The zero-order valence-electron chi connectivity index (χ0n) is 12.7. The van der Waals surface area contributed by atoms with Gasteiger partial charge in [0, 0.05) is 5.69 Å². The Kier molecular flexibility index (Phi) is 3.92. The maximum Gasteiger partial charge on any atom is 0.269 e.